The van der Waals surface area contributed by atoms with Crippen molar-refractivity contribution in [1.29, 1.82) is 0 Å². The third-order valence-corrected chi connectivity index (χ3v) is 2.73. The number of nitrogen functional groups attached to an aromatic ring is 1. The Morgan fingerprint density at radius 1 is 1.50 bits per heavy atom. The Kier molecular flexibility index (Phi) is 3.90. The third-order valence-electron chi connectivity index (χ3n) is 2.73. The molecule has 1 rings (SSSR count). The van der Waals surface area contributed by atoms with Gasteiger partial charge in [-0.1, -0.05) is 6.07 Å². The number of benzene rings is 1. The van der Waals surface area contributed by atoms with Crippen LogP contribution < -0.4 is 5.73 Å². The summed E-state index contributed by atoms with van der Waals surface area (Å²) in [6, 6.07) is 4.33. The van der Waals surface area contributed by atoms with Crippen molar-refractivity contribution >= 4 is 17.3 Å². The van der Waals surface area contributed by atoms with Gasteiger partial charge in [0.15, 0.2) is 0 Å². The Morgan fingerprint density at radius 2 is 2.11 bits per heavy atom. The van der Waals surface area contributed by atoms with Crippen molar-refractivity contribution in [2.75, 3.05) is 12.3 Å². The summed E-state index contributed by atoms with van der Waals surface area (Å²) in [5, 5.41) is 10.8. The van der Waals surface area contributed by atoms with Crippen LogP contribution in [-0.4, -0.2) is 17.5 Å². The number of nitrogens with two attached hydrogens (primary N) is 1. The van der Waals surface area contributed by atoms with E-state index in [1.165, 1.54) is 12.1 Å². The minimum atomic E-state index is -0.950. The molecule has 0 aliphatic heterocycles. The number of hydrogen-bond acceptors (Lipinski definition) is 5. The molecule has 0 unspecified atom stereocenters. The van der Waals surface area contributed by atoms with E-state index in [1.54, 1.807) is 26.8 Å². The lowest BCUT2D eigenvalue weighted by Crippen LogP contribution is -2.31. The smallest absolute Gasteiger partial charge is 0.315 e. The first-order valence-corrected chi connectivity index (χ1v) is 5.52. The van der Waals surface area contributed by atoms with E-state index in [0.29, 0.717) is 5.56 Å². The van der Waals surface area contributed by atoms with Crippen LogP contribution in [0.15, 0.2) is 18.2 Å². The van der Waals surface area contributed by atoms with Gasteiger partial charge in [0, 0.05) is 6.07 Å². The second-order valence-electron chi connectivity index (χ2n) is 4.38. The Bertz CT molecular complexity index is 483. The number of nitrogens with zero attached hydrogens (tertiary/aromatic N) is 1. The first-order valence-electron chi connectivity index (χ1n) is 5.52. The number of ether oxygens (including phenoxy) is 1. The number of hydrogen-bond donors (Lipinski definition) is 1. The molecule has 0 saturated carbocycles. The van der Waals surface area contributed by atoms with Gasteiger partial charge in [0.2, 0.25) is 0 Å². The van der Waals surface area contributed by atoms with Gasteiger partial charge in [0.1, 0.15) is 5.69 Å². The molecule has 0 bridgehead atoms. The fourth-order valence-electron chi connectivity index (χ4n) is 1.52. The summed E-state index contributed by atoms with van der Waals surface area (Å²) in [6.07, 6.45) is 0. The van der Waals surface area contributed by atoms with Crippen molar-refractivity contribution < 1.29 is 14.5 Å². The predicted molar refractivity (Wildman–Crippen MR) is 67.2 cm³/mol. The van der Waals surface area contributed by atoms with Crippen molar-refractivity contribution in [1.82, 2.24) is 0 Å². The molecule has 0 aromatic heterocycles. The summed E-state index contributed by atoms with van der Waals surface area (Å²) in [6.45, 7) is 5.28. The van der Waals surface area contributed by atoms with Gasteiger partial charge in [-0.15, -0.1) is 0 Å². The minimum absolute atomic E-state index is 0.0726. The average molecular weight is 252 g/mol. The molecule has 0 heterocycles. The molecule has 0 spiro atoms. The van der Waals surface area contributed by atoms with Crippen LogP contribution in [0.5, 0.6) is 0 Å². The maximum Gasteiger partial charge on any atom is 0.315 e. The molecule has 0 aliphatic carbocycles. The van der Waals surface area contributed by atoms with Crippen molar-refractivity contribution in [3.8, 4) is 0 Å². The van der Waals surface area contributed by atoms with Crippen LogP contribution in [0.3, 0.4) is 0 Å². The summed E-state index contributed by atoms with van der Waals surface area (Å²) >= 11 is 0. The second kappa shape index (κ2) is 5.03. The molecule has 1 aromatic carbocycles. The Labute approximate surface area is 105 Å². The fraction of sp³-hybridized carbons (Fsp3) is 0.417. The van der Waals surface area contributed by atoms with Crippen LogP contribution >= 0.6 is 0 Å². The molecule has 0 radical (unpaired) electrons. The van der Waals surface area contributed by atoms with Crippen molar-refractivity contribution in [2.45, 2.75) is 26.2 Å². The fourth-order valence-corrected chi connectivity index (χ4v) is 1.52. The van der Waals surface area contributed by atoms with E-state index in [2.05, 4.69) is 0 Å². The molecule has 6 nitrogen and oxygen atoms in total. The zero-order valence-corrected chi connectivity index (χ0v) is 10.6. The monoisotopic (exact) mass is 252 g/mol. The quantitative estimate of drug-likeness (QED) is 0.383. The lowest BCUT2D eigenvalue weighted by Gasteiger charge is -2.22. The molecule has 0 atom stereocenters. The molecule has 0 fully saturated rings. The number of nitro groups is 1. The Balaban J connectivity index is 3.21. The zero-order valence-electron chi connectivity index (χ0n) is 10.6. The number of nitro benzene ring substituents is 1. The summed E-state index contributed by atoms with van der Waals surface area (Å²) in [7, 11) is 0. The summed E-state index contributed by atoms with van der Waals surface area (Å²) in [4.78, 5) is 22.0. The first kappa shape index (κ1) is 14.0. The highest BCUT2D eigenvalue weighted by atomic mass is 16.6. The summed E-state index contributed by atoms with van der Waals surface area (Å²) in [5.74, 6) is -0.427. The van der Waals surface area contributed by atoms with E-state index in [0.717, 1.165) is 0 Å². The van der Waals surface area contributed by atoms with Gasteiger partial charge in [0.05, 0.1) is 16.9 Å². The molecule has 1 aromatic rings. The highest BCUT2D eigenvalue weighted by Gasteiger charge is 2.33. The molecular weight excluding hydrogens is 236 g/mol. The lowest BCUT2D eigenvalue weighted by atomic mass is 9.84. The van der Waals surface area contributed by atoms with E-state index < -0.39 is 16.3 Å². The normalized spacial score (nSPS) is 11.1. The standard InChI is InChI=1S/C12H16N2O4/c1-4-18-11(15)12(2,3)8-5-6-9(13)10(7-8)14(16)17/h5-7H,4,13H2,1-3H3. The van der Waals surface area contributed by atoms with Crippen LogP contribution in [0.4, 0.5) is 11.4 Å². The molecule has 98 valence electrons. The van der Waals surface area contributed by atoms with Crippen molar-refractivity contribution in [3.05, 3.63) is 33.9 Å². The topological polar surface area (TPSA) is 95.5 Å². The van der Waals surface area contributed by atoms with E-state index in [-0.39, 0.29) is 18.0 Å². The number of rotatable bonds is 4. The van der Waals surface area contributed by atoms with Gasteiger partial charge in [-0.05, 0) is 32.4 Å². The molecule has 0 amide bonds. The van der Waals surface area contributed by atoms with E-state index in [4.69, 9.17) is 10.5 Å². The van der Waals surface area contributed by atoms with E-state index >= 15 is 0 Å². The maximum absolute atomic E-state index is 11.8. The number of anilines is 1. The van der Waals surface area contributed by atoms with E-state index in [9.17, 15) is 14.9 Å². The predicted octanol–water partition coefficient (Wildman–Crippen LogP) is 2.02. The van der Waals surface area contributed by atoms with Crippen LogP contribution in [0.25, 0.3) is 0 Å². The number of esters is 1. The van der Waals surface area contributed by atoms with Gasteiger partial charge in [-0.2, -0.15) is 0 Å². The van der Waals surface area contributed by atoms with Gasteiger partial charge in [-0.25, -0.2) is 0 Å². The highest BCUT2D eigenvalue weighted by molar-refractivity contribution is 5.83. The van der Waals surface area contributed by atoms with E-state index in [1.807, 2.05) is 0 Å². The van der Waals surface area contributed by atoms with Crippen LogP contribution in [-0.2, 0) is 14.9 Å². The molecule has 0 saturated heterocycles. The van der Waals surface area contributed by atoms with Gasteiger partial charge in [-0.3, -0.25) is 14.9 Å². The van der Waals surface area contributed by atoms with Gasteiger partial charge >= 0.3 is 5.97 Å². The van der Waals surface area contributed by atoms with Crippen molar-refractivity contribution in [3.63, 3.8) is 0 Å². The maximum atomic E-state index is 11.8. The Morgan fingerprint density at radius 3 is 2.61 bits per heavy atom. The van der Waals surface area contributed by atoms with Crippen LogP contribution in [0, 0.1) is 10.1 Å². The largest absolute Gasteiger partial charge is 0.465 e. The van der Waals surface area contributed by atoms with Gasteiger partial charge < -0.3 is 10.5 Å². The Hall–Kier alpha value is -2.11. The summed E-state index contributed by atoms with van der Waals surface area (Å²) < 4.78 is 4.95. The van der Waals surface area contributed by atoms with Crippen LogP contribution in [0.2, 0.25) is 0 Å². The lowest BCUT2D eigenvalue weighted by molar-refractivity contribution is -0.384. The highest BCUT2D eigenvalue weighted by Crippen LogP contribution is 2.31. The average Bonchev–Trinajstić information content (AvgIpc) is 2.29. The summed E-state index contributed by atoms with van der Waals surface area (Å²) in [5.41, 5.74) is 4.93. The van der Waals surface area contributed by atoms with Crippen molar-refractivity contribution in [2.24, 2.45) is 0 Å². The van der Waals surface area contributed by atoms with Crippen LogP contribution in [0.1, 0.15) is 26.3 Å². The second-order valence-corrected chi connectivity index (χ2v) is 4.38. The molecule has 6 heteroatoms. The van der Waals surface area contributed by atoms with Gasteiger partial charge in [0.25, 0.3) is 5.69 Å². The third kappa shape index (κ3) is 2.58. The molecular formula is C12H16N2O4. The number of carbonyl (C=O) groups excluding carboxylic acids is 1. The SMILES string of the molecule is CCOC(=O)C(C)(C)c1ccc(N)c([N+](=O)[O-])c1. The molecule has 18 heavy (non-hydrogen) atoms. The zero-order chi connectivity index (χ0) is 13.9. The molecule has 0 aliphatic rings. The molecule has 2 N–H and O–H groups in total. The number of carbonyl (C=O) groups is 1. The minimum Gasteiger partial charge on any atom is -0.465 e. The first-order chi connectivity index (χ1) is 8.30.